The van der Waals surface area contributed by atoms with E-state index in [4.69, 9.17) is 9.15 Å². The molecule has 1 aromatic heterocycles. The summed E-state index contributed by atoms with van der Waals surface area (Å²) in [4.78, 5) is 4.50. The van der Waals surface area contributed by atoms with Gasteiger partial charge in [0.1, 0.15) is 17.2 Å². The predicted octanol–water partition coefficient (Wildman–Crippen LogP) is 4.23. The van der Waals surface area contributed by atoms with Crippen LogP contribution in [-0.2, 0) is 6.61 Å². The molecular formula is C17H15NO2. The third-order valence-corrected chi connectivity index (χ3v) is 2.99. The second kappa shape index (κ2) is 5.61. The summed E-state index contributed by atoms with van der Waals surface area (Å²) >= 11 is 0. The van der Waals surface area contributed by atoms with Crippen molar-refractivity contribution in [2.45, 2.75) is 13.5 Å². The van der Waals surface area contributed by atoms with Gasteiger partial charge in [-0.3, -0.25) is 0 Å². The van der Waals surface area contributed by atoms with Crippen molar-refractivity contribution in [1.82, 2.24) is 4.98 Å². The average Bonchev–Trinajstić information content (AvgIpc) is 2.88. The molecule has 0 unspecified atom stereocenters. The summed E-state index contributed by atoms with van der Waals surface area (Å²) in [6.07, 6.45) is 0. The Morgan fingerprint density at radius 1 is 0.950 bits per heavy atom. The summed E-state index contributed by atoms with van der Waals surface area (Å²) in [5.41, 5.74) is 1.93. The van der Waals surface area contributed by atoms with E-state index in [1.807, 2.05) is 67.6 Å². The molecule has 0 N–H and O–H groups in total. The first-order chi connectivity index (χ1) is 9.83. The molecule has 0 spiro atoms. The number of hydrogen-bond donors (Lipinski definition) is 0. The number of oxazole rings is 1. The molecule has 0 bridgehead atoms. The molecule has 0 aliphatic carbocycles. The van der Waals surface area contributed by atoms with E-state index in [9.17, 15) is 0 Å². The van der Waals surface area contributed by atoms with Crippen molar-refractivity contribution in [2.75, 3.05) is 0 Å². The van der Waals surface area contributed by atoms with Crippen LogP contribution >= 0.6 is 0 Å². The largest absolute Gasteiger partial charge is 0.484 e. The van der Waals surface area contributed by atoms with Gasteiger partial charge in [-0.2, -0.15) is 0 Å². The van der Waals surface area contributed by atoms with Crippen LogP contribution in [0.15, 0.2) is 65.1 Å². The van der Waals surface area contributed by atoms with Crippen LogP contribution in [0, 0.1) is 6.92 Å². The Hall–Kier alpha value is -2.55. The fourth-order valence-electron chi connectivity index (χ4n) is 2.04. The van der Waals surface area contributed by atoms with Crippen LogP contribution in [-0.4, -0.2) is 4.98 Å². The number of aromatic nitrogens is 1. The Balaban J connectivity index is 1.76. The van der Waals surface area contributed by atoms with Crippen molar-refractivity contribution in [1.29, 1.82) is 0 Å². The van der Waals surface area contributed by atoms with E-state index in [2.05, 4.69) is 4.98 Å². The van der Waals surface area contributed by atoms with Gasteiger partial charge >= 0.3 is 0 Å². The SMILES string of the molecule is Cc1oc(COc2ccccc2)nc1-c1ccccc1. The highest BCUT2D eigenvalue weighted by molar-refractivity contribution is 5.60. The Morgan fingerprint density at radius 2 is 1.60 bits per heavy atom. The Bertz CT molecular complexity index is 675. The summed E-state index contributed by atoms with van der Waals surface area (Å²) in [6, 6.07) is 19.7. The molecule has 1 heterocycles. The number of aryl methyl sites for hydroxylation is 1. The van der Waals surface area contributed by atoms with Crippen molar-refractivity contribution in [3.8, 4) is 17.0 Å². The van der Waals surface area contributed by atoms with Crippen molar-refractivity contribution >= 4 is 0 Å². The quantitative estimate of drug-likeness (QED) is 0.708. The lowest BCUT2D eigenvalue weighted by atomic mass is 10.1. The van der Waals surface area contributed by atoms with E-state index < -0.39 is 0 Å². The van der Waals surface area contributed by atoms with E-state index in [-0.39, 0.29) is 0 Å². The van der Waals surface area contributed by atoms with Crippen molar-refractivity contribution in [3.63, 3.8) is 0 Å². The number of hydrogen-bond acceptors (Lipinski definition) is 3. The van der Waals surface area contributed by atoms with Crippen LogP contribution in [0.5, 0.6) is 5.75 Å². The highest BCUT2D eigenvalue weighted by Crippen LogP contribution is 2.23. The molecule has 0 atom stereocenters. The van der Waals surface area contributed by atoms with Crippen LogP contribution in [0.3, 0.4) is 0 Å². The molecule has 0 fully saturated rings. The predicted molar refractivity (Wildman–Crippen MR) is 77.5 cm³/mol. The minimum atomic E-state index is 0.331. The molecule has 3 heteroatoms. The molecule has 0 amide bonds. The van der Waals surface area contributed by atoms with Crippen molar-refractivity contribution in [3.05, 3.63) is 72.3 Å². The Morgan fingerprint density at radius 3 is 2.30 bits per heavy atom. The van der Waals surface area contributed by atoms with Crippen molar-refractivity contribution in [2.24, 2.45) is 0 Å². The topological polar surface area (TPSA) is 35.3 Å². The van der Waals surface area contributed by atoms with Gasteiger partial charge in [0.15, 0.2) is 6.61 Å². The van der Waals surface area contributed by atoms with Gasteiger partial charge in [-0.05, 0) is 19.1 Å². The third-order valence-electron chi connectivity index (χ3n) is 2.99. The van der Waals surface area contributed by atoms with Gasteiger partial charge in [0, 0.05) is 5.56 Å². The summed E-state index contributed by atoms with van der Waals surface area (Å²) in [7, 11) is 0. The lowest BCUT2D eigenvalue weighted by Crippen LogP contribution is -1.95. The van der Waals surface area contributed by atoms with E-state index in [0.717, 1.165) is 22.8 Å². The van der Waals surface area contributed by atoms with Gasteiger partial charge in [-0.25, -0.2) is 4.98 Å². The molecular weight excluding hydrogens is 250 g/mol. The van der Waals surface area contributed by atoms with Gasteiger partial charge < -0.3 is 9.15 Å². The Labute approximate surface area is 117 Å². The first-order valence-electron chi connectivity index (χ1n) is 6.52. The highest BCUT2D eigenvalue weighted by atomic mass is 16.5. The zero-order valence-corrected chi connectivity index (χ0v) is 11.2. The van der Waals surface area contributed by atoms with Crippen LogP contribution in [0.1, 0.15) is 11.7 Å². The maximum absolute atomic E-state index is 5.65. The van der Waals surface area contributed by atoms with E-state index >= 15 is 0 Å². The lowest BCUT2D eigenvalue weighted by Gasteiger charge is -2.01. The summed E-state index contributed by atoms with van der Waals surface area (Å²) in [5.74, 6) is 2.21. The first kappa shape index (κ1) is 12.5. The van der Waals surface area contributed by atoms with E-state index in [1.54, 1.807) is 0 Å². The van der Waals surface area contributed by atoms with Gasteiger partial charge in [0.05, 0.1) is 0 Å². The number of para-hydroxylation sites is 1. The zero-order chi connectivity index (χ0) is 13.8. The van der Waals surface area contributed by atoms with Gasteiger partial charge in [-0.1, -0.05) is 48.5 Å². The molecule has 2 aromatic carbocycles. The molecule has 20 heavy (non-hydrogen) atoms. The molecule has 0 radical (unpaired) electrons. The normalized spacial score (nSPS) is 10.4. The Kier molecular flexibility index (Phi) is 3.50. The third kappa shape index (κ3) is 2.72. The van der Waals surface area contributed by atoms with Gasteiger partial charge in [-0.15, -0.1) is 0 Å². The maximum atomic E-state index is 5.65. The van der Waals surface area contributed by atoms with Crippen molar-refractivity contribution < 1.29 is 9.15 Å². The molecule has 0 aliphatic rings. The standard InChI is InChI=1S/C17H15NO2/c1-13-17(14-8-4-2-5-9-14)18-16(20-13)12-19-15-10-6-3-7-11-15/h2-11H,12H2,1H3. The average molecular weight is 265 g/mol. The van der Waals surface area contributed by atoms with Crippen LogP contribution in [0.4, 0.5) is 0 Å². The second-order valence-corrected chi connectivity index (χ2v) is 4.48. The monoisotopic (exact) mass is 265 g/mol. The zero-order valence-electron chi connectivity index (χ0n) is 11.2. The number of rotatable bonds is 4. The molecule has 100 valence electrons. The fourth-order valence-corrected chi connectivity index (χ4v) is 2.04. The van der Waals surface area contributed by atoms with E-state index in [1.165, 1.54) is 0 Å². The number of ether oxygens (including phenoxy) is 1. The molecule has 3 rings (SSSR count). The van der Waals surface area contributed by atoms with Crippen LogP contribution in [0.25, 0.3) is 11.3 Å². The lowest BCUT2D eigenvalue weighted by molar-refractivity contribution is 0.260. The highest BCUT2D eigenvalue weighted by Gasteiger charge is 2.11. The maximum Gasteiger partial charge on any atom is 0.233 e. The van der Waals surface area contributed by atoms with E-state index in [0.29, 0.717) is 12.5 Å². The molecule has 3 aromatic rings. The fraction of sp³-hybridized carbons (Fsp3) is 0.118. The minimum Gasteiger partial charge on any atom is -0.484 e. The van der Waals surface area contributed by atoms with Gasteiger partial charge in [0.2, 0.25) is 5.89 Å². The molecule has 3 nitrogen and oxygen atoms in total. The molecule has 0 saturated heterocycles. The molecule has 0 aliphatic heterocycles. The smallest absolute Gasteiger partial charge is 0.233 e. The second-order valence-electron chi connectivity index (χ2n) is 4.48. The molecule has 0 saturated carbocycles. The van der Waals surface area contributed by atoms with Gasteiger partial charge in [0.25, 0.3) is 0 Å². The number of nitrogens with zero attached hydrogens (tertiary/aromatic N) is 1. The summed E-state index contributed by atoms with van der Waals surface area (Å²) in [6.45, 7) is 2.25. The minimum absolute atomic E-state index is 0.331. The van der Waals surface area contributed by atoms with Crippen LogP contribution < -0.4 is 4.74 Å². The summed E-state index contributed by atoms with van der Waals surface area (Å²) < 4.78 is 11.3. The van der Waals surface area contributed by atoms with Crippen LogP contribution in [0.2, 0.25) is 0 Å². The number of benzene rings is 2. The first-order valence-corrected chi connectivity index (χ1v) is 6.52. The summed E-state index contributed by atoms with van der Waals surface area (Å²) in [5, 5.41) is 0.